The fourth-order valence-corrected chi connectivity index (χ4v) is 3.75. The highest BCUT2D eigenvalue weighted by Gasteiger charge is 2.15. The van der Waals surface area contributed by atoms with Crippen LogP contribution in [0.3, 0.4) is 0 Å². The van der Waals surface area contributed by atoms with Crippen LogP contribution in [0, 0.1) is 20.8 Å². The summed E-state index contributed by atoms with van der Waals surface area (Å²) in [7, 11) is 1.57. The maximum Gasteiger partial charge on any atom is 0.261 e. The molecule has 0 aliphatic rings. The van der Waals surface area contributed by atoms with E-state index in [0.29, 0.717) is 34.3 Å². The maximum atomic E-state index is 13.4. The van der Waals surface area contributed by atoms with Crippen molar-refractivity contribution in [2.45, 2.75) is 47.1 Å². The van der Waals surface area contributed by atoms with E-state index in [1.54, 1.807) is 30.9 Å². The van der Waals surface area contributed by atoms with E-state index in [1.807, 2.05) is 50.4 Å². The first-order chi connectivity index (χ1) is 16.8. The Morgan fingerprint density at radius 3 is 2.57 bits per heavy atom. The van der Waals surface area contributed by atoms with Crippen LogP contribution in [0.2, 0.25) is 0 Å². The molecule has 0 aliphatic heterocycles. The molecule has 4 rings (SSSR count). The summed E-state index contributed by atoms with van der Waals surface area (Å²) in [5, 5.41) is 0. The van der Waals surface area contributed by atoms with Crippen LogP contribution in [-0.2, 0) is 6.61 Å². The lowest BCUT2D eigenvalue weighted by Crippen LogP contribution is -2.23. The summed E-state index contributed by atoms with van der Waals surface area (Å²) in [5.74, 6) is 2.00. The predicted octanol–water partition coefficient (Wildman–Crippen LogP) is 4.72. The highest BCUT2D eigenvalue weighted by Crippen LogP contribution is 2.25. The van der Waals surface area contributed by atoms with Gasteiger partial charge in [-0.25, -0.2) is 15.0 Å². The minimum atomic E-state index is -0.155. The number of pyridine rings is 3. The van der Waals surface area contributed by atoms with E-state index < -0.39 is 0 Å². The van der Waals surface area contributed by atoms with Gasteiger partial charge in [0.2, 0.25) is 5.88 Å². The number of ether oxygens (including phenoxy) is 2. The van der Waals surface area contributed by atoms with Gasteiger partial charge in [0.05, 0.1) is 35.4 Å². The number of nitrogens with zero attached hydrogens (tertiary/aromatic N) is 5. The van der Waals surface area contributed by atoms with Gasteiger partial charge in [0.15, 0.2) is 0 Å². The summed E-state index contributed by atoms with van der Waals surface area (Å²) in [4.78, 5) is 31.4. The lowest BCUT2D eigenvalue weighted by Gasteiger charge is -2.16. The molecule has 0 aliphatic carbocycles. The molecule has 0 spiro atoms. The smallest absolute Gasteiger partial charge is 0.261 e. The zero-order valence-corrected chi connectivity index (χ0v) is 20.9. The number of aromatic nitrogens is 5. The van der Waals surface area contributed by atoms with E-state index in [9.17, 15) is 4.79 Å². The molecule has 0 aromatic carbocycles. The molecule has 0 N–H and O–H groups in total. The Kier molecular flexibility index (Phi) is 6.91. The van der Waals surface area contributed by atoms with Gasteiger partial charge in [-0.05, 0) is 44.5 Å². The van der Waals surface area contributed by atoms with Crippen LogP contribution >= 0.6 is 0 Å². The molecular formula is C27H29N5O3. The summed E-state index contributed by atoms with van der Waals surface area (Å²) in [6, 6.07) is 11.0. The highest BCUT2D eigenvalue weighted by atomic mass is 16.5. The Labute approximate surface area is 204 Å². The summed E-state index contributed by atoms with van der Waals surface area (Å²) in [5.41, 5.74) is 4.91. The third-order valence-corrected chi connectivity index (χ3v) is 5.70. The van der Waals surface area contributed by atoms with Crippen molar-refractivity contribution in [3.05, 3.63) is 87.5 Å². The van der Waals surface area contributed by atoms with Gasteiger partial charge in [0, 0.05) is 36.1 Å². The van der Waals surface area contributed by atoms with Crippen LogP contribution in [0.1, 0.15) is 48.1 Å². The normalized spacial score (nSPS) is 11.1. The van der Waals surface area contributed by atoms with Crippen LogP contribution in [-0.4, -0.2) is 31.6 Å². The molecule has 35 heavy (non-hydrogen) atoms. The molecule has 180 valence electrons. The molecule has 0 bridgehead atoms. The zero-order chi connectivity index (χ0) is 25.1. The van der Waals surface area contributed by atoms with E-state index in [2.05, 4.69) is 28.8 Å². The van der Waals surface area contributed by atoms with Crippen molar-refractivity contribution in [3.63, 3.8) is 0 Å². The molecule has 8 heteroatoms. The molecule has 0 unspecified atom stereocenters. The van der Waals surface area contributed by atoms with Gasteiger partial charge in [-0.2, -0.15) is 0 Å². The summed E-state index contributed by atoms with van der Waals surface area (Å²) < 4.78 is 12.8. The number of methoxy groups -OCH3 is 1. The molecule has 0 radical (unpaired) electrons. The second-order valence-electron chi connectivity index (χ2n) is 8.69. The van der Waals surface area contributed by atoms with Crippen molar-refractivity contribution in [1.82, 2.24) is 24.5 Å². The molecule has 0 saturated heterocycles. The summed E-state index contributed by atoms with van der Waals surface area (Å²) in [6.07, 6.45) is 3.51. The van der Waals surface area contributed by atoms with Crippen molar-refractivity contribution in [2.75, 3.05) is 7.11 Å². The van der Waals surface area contributed by atoms with Crippen LogP contribution < -0.4 is 15.0 Å². The SMILES string of the molecule is COc1cccc(COc2cc(C)n(-c3ccnc(-c4nc(C(C)C)ncc4C)c3)c(=O)c2C)n1. The second kappa shape index (κ2) is 10.0. The third kappa shape index (κ3) is 5.06. The Balaban J connectivity index is 1.68. The number of hydrogen-bond donors (Lipinski definition) is 0. The standard InChI is InChI=1S/C27H29N5O3/c1-16(2)26-29-14-17(3)25(31-26)22-13-21(10-11-28-22)32-18(4)12-23(19(5)27(32)33)35-15-20-8-7-9-24(30-20)34-6/h7-14,16H,15H2,1-6H3. The lowest BCUT2D eigenvalue weighted by molar-refractivity contribution is 0.294. The molecule has 0 atom stereocenters. The number of hydrogen-bond acceptors (Lipinski definition) is 7. The van der Waals surface area contributed by atoms with Crippen molar-refractivity contribution in [2.24, 2.45) is 0 Å². The number of rotatable bonds is 7. The first-order valence-electron chi connectivity index (χ1n) is 11.4. The van der Waals surface area contributed by atoms with Gasteiger partial charge < -0.3 is 9.47 Å². The summed E-state index contributed by atoms with van der Waals surface area (Å²) in [6.45, 7) is 9.93. The topological polar surface area (TPSA) is 92.0 Å². The maximum absolute atomic E-state index is 13.4. The Hall–Kier alpha value is -4.07. The van der Waals surface area contributed by atoms with Gasteiger partial charge >= 0.3 is 0 Å². The fraction of sp³-hybridized carbons (Fsp3) is 0.296. The van der Waals surface area contributed by atoms with Gasteiger partial charge in [-0.1, -0.05) is 19.9 Å². The lowest BCUT2D eigenvalue weighted by atomic mass is 10.1. The monoisotopic (exact) mass is 471 g/mol. The first-order valence-corrected chi connectivity index (χ1v) is 11.4. The predicted molar refractivity (Wildman–Crippen MR) is 134 cm³/mol. The van der Waals surface area contributed by atoms with E-state index >= 15 is 0 Å². The Morgan fingerprint density at radius 2 is 1.83 bits per heavy atom. The molecule has 4 aromatic heterocycles. The van der Waals surface area contributed by atoms with Crippen molar-refractivity contribution < 1.29 is 9.47 Å². The minimum Gasteiger partial charge on any atom is -0.487 e. The van der Waals surface area contributed by atoms with Gasteiger partial charge in [-0.15, -0.1) is 0 Å². The average Bonchev–Trinajstić information content (AvgIpc) is 2.86. The molecular weight excluding hydrogens is 442 g/mol. The van der Waals surface area contributed by atoms with Crippen molar-refractivity contribution in [3.8, 4) is 28.7 Å². The molecule has 0 saturated carbocycles. The largest absolute Gasteiger partial charge is 0.487 e. The molecule has 4 aromatic rings. The van der Waals surface area contributed by atoms with Crippen LogP contribution in [0.5, 0.6) is 11.6 Å². The van der Waals surface area contributed by atoms with Gasteiger partial charge in [0.25, 0.3) is 5.56 Å². The Morgan fingerprint density at radius 1 is 1.03 bits per heavy atom. The molecule has 0 fully saturated rings. The van der Waals surface area contributed by atoms with Crippen LogP contribution in [0.4, 0.5) is 0 Å². The third-order valence-electron chi connectivity index (χ3n) is 5.70. The van der Waals surface area contributed by atoms with E-state index in [-0.39, 0.29) is 18.1 Å². The summed E-state index contributed by atoms with van der Waals surface area (Å²) >= 11 is 0. The van der Waals surface area contributed by atoms with Gasteiger partial charge in [-0.3, -0.25) is 14.3 Å². The average molecular weight is 472 g/mol. The Bertz CT molecular complexity index is 1430. The molecule has 8 nitrogen and oxygen atoms in total. The first kappa shape index (κ1) is 24.1. The van der Waals surface area contributed by atoms with E-state index in [0.717, 1.165) is 22.8 Å². The van der Waals surface area contributed by atoms with Gasteiger partial charge in [0.1, 0.15) is 18.2 Å². The fourth-order valence-electron chi connectivity index (χ4n) is 3.75. The minimum absolute atomic E-state index is 0.155. The molecule has 4 heterocycles. The van der Waals surface area contributed by atoms with Crippen LogP contribution in [0.15, 0.2) is 53.6 Å². The second-order valence-corrected chi connectivity index (χ2v) is 8.69. The van der Waals surface area contributed by atoms with Crippen molar-refractivity contribution in [1.29, 1.82) is 0 Å². The van der Waals surface area contributed by atoms with E-state index in [1.165, 1.54) is 0 Å². The van der Waals surface area contributed by atoms with E-state index in [4.69, 9.17) is 14.5 Å². The van der Waals surface area contributed by atoms with Crippen molar-refractivity contribution >= 4 is 0 Å². The highest BCUT2D eigenvalue weighted by molar-refractivity contribution is 5.61. The quantitative estimate of drug-likeness (QED) is 0.385. The zero-order valence-electron chi connectivity index (χ0n) is 20.9. The molecule has 0 amide bonds. The number of aryl methyl sites for hydroxylation is 2. The van der Waals surface area contributed by atoms with Crippen LogP contribution in [0.25, 0.3) is 17.1 Å².